The molecule has 0 amide bonds. The Labute approximate surface area is 99.9 Å². The van der Waals surface area contributed by atoms with Gasteiger partial charge in [-0.15, -0.1) is 0 Å². The highest BCUT2D eigenvalue weighted by Crippen LogP contribution is 2.23. The van der Waals surface area contributed by atoms with Crippen molar-refractivity contribution in [3.63, 3.8) is 0 Å². The predicted molar refractivity (Wildman–Crippen MR) is 61.6 cm³/mol. The fourth-order valence-corrected chi connectivity index (χ4v) is 1.80. The Balaban J connectivity index is 2.80. The molecule has 0 heterocycles. The summed E-state index contributed by atoms with van der Waals surface area (Å²) in [6.45, 7) is 3.55. The van der Waals surface area contributed by atoms with Gasteiger partial charge < -0.3 is 10.2 Å². The molecule has 0 saturated heterocycles. The van der Waals surface area contributed by atoms with E-state index >= 15 is 0 Å². The van der Waals surface area contributed by atoms with E-state index in [1.807, 2.05) is 0 Å². The monoisotopic (exact) mass is 244 g/mol. The molecule has 1 atom stereocenters. The first kappa shape index (κ1) is 14.1. The van der Waals surface area contributed by atoms with Crippen LogP contribution in [0.1, 0.15) is 32.3 Å². The molecule has 0 aromatic heterocycles. The van der Waals surface area contributed by atoms with E-state index in [1.165, 1.54) is 6.07 Å². The number of aliphatic hydroxyl groups is 2. The first-order chi connectivity index (χ1) is 7.92. The largest absolute Gasteiger partial charge is 0.390 e. The van der Waals surface area contributed by atoms with Crippen LogP contribution in [-0.4, -0.2) is 21.9 Å². The maximum atomic E-state index is 13.0. The summed E-state index contributed by atoms with van der Waals surface area (Å²) in [4.78, 5) is 0. The summed E-state index contributed by atoms with van der Waals surface area (Å²) >= 11 is 0. The SMILES string of the molecule is CCC(O)(CC)C(O)Cc1ccc(F)c(F)c1. The van der Waals surface area contributed by atoms with Gasteiger partial charge in [0.2, 0.25) is 0 Å². The van der Waals surface area contributed by atoms with Crippen molar-refractivity contribution in [3.05, 3.63) is 35.4 Å². The van der Waals surface area contributed by atoms with E-state index in [1.54, 1.807) is 13.8 Å². The van der Waals surface area contributed by atoms with Crippen LogP contribution in [0, 0.1) is 11.6 Å². The highest BCUT2D eigenvalue weighted by molar-refractivity contribution is 5.19. The lowest BCUT2D eigenvalue weighted by Gasteiger charge is -2.31. The second kappa shape index (κ2) is 5.56. The molecule has 1 aromatic rings. The molecule has 0 aliphatic rings. The first-order valence-corrected chi connectivity index (χ1v) is 5.77. The van der Waals surface area contributed by atoms with Crippen LogP contribution < -0.4 is 0 Å². The van der Waals surface area contributed by atoms with Crippen LogP contribution in [0.25, 0.3) is 0 Å². The van der Waals surface area contributed by atoms with Gasteiger partial charge in [0.1, 0.15) is 0 Å². The van der Waals surface area contributed by atoms with Crippen LogP contribution >= 0.6 is 0 Å². The molecule has 0 spiro atoms. The van der Waals surface area contributed by atoms with Gasteiger partial charge in [0.25, 0.3) is 0 Å². The van der Waals surface area contributed by atoms with Gasteiger partial charge >= 0.3 is 0 Å². The zero-order chi connectivity index (χ0) is 13.1. The number of benzene rings is 1. The average Bonchev–Trinajstić information content (AvgIpc) is 2.32. The third-order valence-corrected chi connectivity index (χ3v) is 3.26. The number of halogens is 2. The molecule has 96 valence electrons. The van der Waals surface area contributed by atoms with Gasteiger partial charge in [-0.3, -0.25) is 0 Å². The van der Waals surface area contributed by atoms with Crippen molar-refractivity contribution < 1.29 is 19.0 Å². The lowest BCUT2D eigenvalue weighted by Crippen LogP contribution is -2.42. The van der Waals surface area contributed by atoms with E-state index in [2.05, 4.69) is 0 Å². The van der Waals surface area contributed by atoms with Crippen molar-refractivity contribution in [1.29, 1.82) is 0 Å². The number of rotatable bonds is 5. The van der Waals surface area contributed by atoms with Gasteiger partial charge in [-0.05, 0) is 30.5 Å². The van der Waals surface area contributed by atoms with Crippen molar-refractivity contribution in [2.75, 3.05) is 0 Å². The molecule has 0 aliphatic carbocycles. The molecule has 1 aromatic carbocycles. The van der Waals surface area contributed by atoms with Gasteiger partial charge in [0.15, 0.2) is 11.6 Å². The Morgan fingerprint density at radius 1 is 1.18 bits per heavy atom. The van der Waals surface area contributed by atoms with Crippen LogP contribution in [0.3, 0.4) is 0 Å². The fraction of sp³-hybridized carbons (Fsp3) is 0.538. The molecule has 4 heteroatoms. The molecule has 0 aliphatic heterocycles. The van der Waals surface area contributed by atoms with Crippen molar-refractivity contribution in [2.24, 2.45) is 0 Å². The molecular weight excluding hydrogens is 226 g/mol. The molecule has 1 rings (SSSR count). The zero-order valence-corrected chi connectivity index (χ0v) is 10.1. The van der Waals surface area contributed by atoms with Crippen LogP contribution in [-0.2, 0) is 6.42 Å². The third-order valence-electron chi connectivity index (χ3n) is 3.26. The highest BCUT2D eigenvalue weighted by Gasteiger charge is 2.31. The lowest BCUT2D eigenvalue weighted by molar-refractivity contribution is -0.0790. The maximum absolute atomic E-state index is 13.0. The van der Waals surface area contributed by atoms with Gasteiger partial charge in [-0.2, -0.15) is 0 Å². The minimum Gasteiger partial charge on any atom is -0.390 e. The van der Waals surface area contributed by atoms with Gasteiger partial charge in [-0.25, -0.2) is 8.78 Å². The molecule has 1 unspecified atom stereocenters. The molecule has 0 fully saturated rings. The normalized spacial score (nSPS) is 13.8. The maximum Gasteiger partial charge on any atom is 0.159 e. The van der Waals surface area contributed by atoms with Gasteiger partial charge in [0.05, 0.1) is 11.7 Å². The van der Waals surface area contributed by atoms with E-state index in [-0.39, 0.29) is 6.42 Å². The Kier molecular flexibility index (Phi) is 4.60. The number of hydrogen-bond donors (Lipinski definition) is 2. The van der Waals surface area contributed by atoms with E-state index in [9.17, 15) is 19.0 Å². The molecule has 17 heavy (non-hydrogen) atoms. The Bertz CT molecular complexity index is 376. The number of aliphatic hydroxyl groups excluding tert-OH is 1. The van der Waals surface area contributed by atoms with Crippen LogP contribution in [0.5, 0.6) is 0 Å². The van der Waals surface area contributed by atoms with Crippen molar-refractivity contribution in [1.82, 2.24) is 0 Å². The van der Waals surface area contributed by atoms with E-state index < -0.39 is 23.3 Å². The lowest BCUT2D eigenvalue weighted by atomic mass is 9.87. The van der Waals surface area contributed by atoms with Crippen LogP contribution in [0.2, 0.25) is 0 Å². The van der Waals surface area contributed by atoms with Gasteiger partial charge in [0, 0.05) is 6.42 Å². The molecule has 2 nitrogen and oxygen atoms in total. The molecule has 2 N–H and O–H groups in total. The van der Waals surface area contributed by atoms with E-state index in [4.69, 9.17) is 0 Å². The highest BCUT2D eigenvalue weighted by atomic mass is 19.2. The first-order valence-electron chi connectivity index (χ1n) is 5.77. The summed E-state index contributed by atoms with van der Waals surface area (Å²) in [5, 5.41) is 20.0. The summed E-state index contributed by atoms with van der Waals surface area (Å²) in [5.74, 6) is -1.85. The standard InChI is InChI=1S/C13H18F2O2/c1-3-13(17,4-2)12(16)8-9-5-6-10(14)11(15)7-9/h5-7,12,16-17H,3-4,8H2,1-2H3. The molecule has 0 radical (unpaired) electrons. The smallest absolute Gasteiger partial charge is 0.159 e. The van der Waals surface area contributed by atoms with Gasteiger partial charge in [-0.1, -0.05) is 19.9 Å². The fourth-order valence-electron chi connectivity index (χ4n) is 1.80. The summed E-state index contributed by atoms with van der Waals surface area (Å²) in [5.41, 5.74) is -0.707. The Morgan fingerprint density at radius 2 is 1.76 bits per heavy atom. The molecule has 0 saturated carbocycles. The summed E-state index contributed by atoms with van der Waals surface area (Å²) < 4.78 is 25.7. The van der Waals surface area contributed by atoms with Crippen molar-refractivity contribution >= 4 is 0 Å². The van der Waals surface area contributed by atoms with E-state index in [0.29, 0.717) is 18.4 Å². The minimum absolute atomic E-state index is 0.107. The second-order valence-corrected chi connectivity index (χ2v) is 4.28. The Morgan fingerprint density at radius 3 is 2.24 bits per heavy atom. The van der Waals surface area contributed by atoms with Crippen molar-refractivity contribution in [3.8, 4) is 0 Å². The minimum atomic E-state index is -1.18. The van der Waals surface area contributed by atoms with Crippen molar-refractivity contribution in [2.45, 2.75) is 44.8 Å². The third kappa shape index (κ3) is 3.23. The summed E-state index contributed by atoms with van der Waals surface area (Å²) in [6.07, 6.45) is -0.0553. The van der Waals surface area contributed by atoms with Crippen LogP contribution in [0.15, 0.2) is 18.2 Å². The molecular formula is C13H18F2O2. The Hall–Kier alpha value is -1.00. The number of hydrogen-bond acceptors (Lipinski definition) is 2. The average molecular weight is 244 g/mol. The zero-order valence-electron chi connectivity index (χ0n) is 10.1. The summed E-state index contributed by atoms with van der Waals surface area (Å²) in [6, 6.07) is 3.48. The predicted octanol–water partition coefficient (Wildman–Crippen LogP) is 2.42. The second-order valence-electron chi connectivity index (χ2n) is 4.28. The quantitative estimate of drug-likeness (QED) is 0.835. The summed E-state index contributed by atoms with van der Waals surface area (Å²) in [7, 11) is 0. The topological polar surface area (TPSA) is 40.5 Å². The molecule has 0 bridgehead atoms. The van der Waals surface area contributed by atoms with E-state index in [0.717, 1.165) is 12.1 Å². The van der Waals surface area contributed by atoms with Crippen LogP contribution in [0.4, 0.5) is 8.78 Å².